The van der Waals surface area contributed by atoms with Crippen molar-refractivity contribution in [2.45, 2.75) is 44.4 Å². The van der Waals surface area contributed by atoms with Crippen LogP contribution >= 0.6 is 0 Å². The van der Waals surface area contributed by atoms with Crippen LogP contribution in [0.4, 0.5) is 4.79 Å². The predicted octanol–water partition coefficient (Wildman–Crippen LogP) is 1.79. The molecule has 3 atom stereocenters. The van der Waals surface area contributed by atoms with E-state index in [1.807, 2.05) is 31.2 Å². The summed E-state index contributed by atoms with van der Waals surface area (Å²) in [5, 5.41) is 5.94. The molecule has 6 heteroatoms. The normalized spacial score (nSPS) is 24.4. The summed E-state index contributed by atoms with van der Waals surface area (Å²) in [5.41, 5.74) is 1.14. The van der Waals surface area contributed by atoms with Crippen molar-refractivity contribution in [1.29, 1.82) is 0 Å². The Hall–Kier alpha value is -1.79. The molecule has 2 saturated heterocycles. The van der Waals surface area contributed by atoms with Crippen LogP contribution in [0, 0.1) is 0 Å². The zero-order valence-corrected chi connectivity index (χ0v) is 15.2. The van der Waals surface area contributed by atoms with Crippen LogP contribution in [0.3, 0.4) is 0 Å². The van der Waals surface area contributed by atoms with E-state index in [0.29, 0.717) is 12.6 Å². The molecule has 6 nitrogen and oxygen atoms in total. The summed E-state index contributed by atoms with van der Waals surface area (Å²) >= 11 is 0. The Morgan fingerprint density at radius 2 is 2.36 bits per heavy atom. The van der Waals surface area contributed by atoms with Gasteiger partial charge >= 0.3 is 6.03 Å². The summed E-state index contributed by atoms with van der Waals surface area (Å²) in [7, 11) is 1.66. The number of hydrogen-bond acceptors (Lipinski definition) is 4. The van der Waals surface area contributed by atoms with Crippen LogP contribution in [-0.2, 0) is 11.2 Å². The van der Waals surface area contributed by atoms with Gasteiger partial charge in [-0.3, -0.25) is 4.90 Å². The van der Waals surface area contributed by atoms with Crippen LogP contribution in [0.25, 0.3) is 0 Å². The first-order chi connectivity index (χ1) is 12.1. The molecule has 138 valence electrons. The van der Waals surface area contributed by atoms with Gasteiger partial charge in [-0.25, -0.2) is 4.79 Å². The molecule has 0 saturated carbocycles. The van der Waals surface area contributed by atoms with Crippen LogP contribution in [0.15, 0.2) is 24.3 Å². The minimum atomic E-state index is -0.137. The minimum Gasteiger partial charge on any atom is -0.497 e. The number of urea groups is 1. The zero-order valence-electron chi connectivity index (χ0n) is 15.2. The molecule has 0 aliphatic carbocycles. The second kappa shape index (κ2) is 8.54. The summed E-state index contributed by atoms with van der Waals surface area (Å²) in [4.78, 5) is 14.6. The van der Waals surface area contributed by atoms with Gasteiger partial charge < -0.3 is 20.1 Å². The summed E-state index contributed by atoms with van der Waals surface area (Å²) < 4.78 is 11.1. The maximum absolute atomic E-state index is 12.1. The molecule has 1 aromatic carbocycles. The molecule has 2 heterocycles. The van der Waals surface area contributed by atoms with E-state index in [4.69, 9.17) is 9.47 Å². The quantitative estimate of drug-likeness (QED) is 0.824. The van der Waals surface area contributed by atoms with Crippen molar-refractivity contribution in [2.75, 3.05) is 33.4 Å². The summed E-state index contributed by atoms with van der Waals surface area (Å²) in [5.74, 6) is 0.837. The van der Waals surface area contributed by atoms with E-state index >= 15 is 0 Å². The van der Waals surface area contributed by atoms with Crippen LogP contribution in [0.5, 0.6) is 5.75 Å². The number of fused-ring (bicyclic) bond motifs is 1. The van der Waals surface area contributed by atoms with E-state index in [1.54, 1.807) is 7.11 Å². The van der Waals surface area contributed by atoms with Gasteiger partial charge in [0.1, 0.15) is 5.75 Å². The average Bonchev–Trinajstić information content (AvgIpc) is 3.07. The number of carbonyl (C=O) groups excluding carboxylic acids is 1. The SMILES string of the molecule is COc1cccc(C[C@H](C)NC(=O)NC[C@H]2CN3CCC[C@@H]3CO2)c1. The minimum absolute atomic E-state index is 0.0438. The highest BCUT2D eigenvalue weighted by Crippen LogP contribution is 2.22. The van der Waals surface area contributed by atoms with Gasteiger partial charge in [0.05, 0.1) is 19.8 Å². The molecular weight excluding hydrogens is 318 g/mol. The summed E-state index contributed by atoms with van der Waals surface area (Å²) in [6, 6.07) is 8.42. The van der Waals surface area contributed by atoms with Crippen molar-refractivity contribution < 1.29 is 14.3 Å². The third-order valence-electron chi connectivity index (χ3n) is 5.01. The Balaban J connectivity index is 1.38. The fourth-order valence-corrected chi connectivity index (χ4v) is 3.69. The molecule has 1 aromatic rings. The van der Waals surface area contributed by atoms with E-state index < -0.39 is 0 Å². The Morgan fingerprint density at radius 1 is 1.48 bits per heavy atom. The van der Waals surface area contributed by atoms with Crippen molar-refractivity contribution in [3.05, 3.63) is 29.8 Å². The molecule has 2 aliphatic rings. The fourth-order valence-electron chi connectivity index (χ4n) is 3.69. The van der Waals surface area contributed by atoms with Gasteiger partial charge in [-0.05, 0) is 50.4 Å². The zero-order chi connectivity index (χ0) is 17.6. The number of nitrogens with one attached hydrogen (secondary N) is 2. The number of nitrogens with zero attached hydrogens (tertiary/aromatic N) is 1. The predicted molar refractivity (Wildman–Crippen MR) is 97.0 cm³/mol. The number of hydrogen-bond donors (Lipinski definition) is 2. The largest absolute Gasteiger partial charge is 0.497 e. The number of ether oxygens (including phenoxy) is 2. The van der Waals surface area contributed by atoms with Crippen LogP contribution in [0.2, 0.25) is 0 Å². The second-order valence-corrected chi connectivity index (χ2v) is 7.06. The highest BCUT2D eigenvalue weighted by Gasteiger charge is 2.32. The monoisotopic (exact) mass is 347 g/mol. The standard InChI is InChI=1S/C19H29N3O3/c1-14(9-15-5-3-7-17(10-15)24-2)21-19(23)20-11-18-12-22-8-4-6-16(22)13-25-18/h3,5,7,10,14,16,18H,4,6,8-9,11-13H2,1-2H3,(H2,20,21,23)/t14-,16+,18-/m0/s1. The van der Waals surface area contributed by atoms with Crippen LogP contribution in [0.1, 0.15) is 25.3 Å². The number of methoxy groups -OCH3 is 1. The van der Waals surface area contributed by atoms with Crippen molar-refractivity contribution >= 4 is 6.03 Å². The van der Waals surface area contributed by atoms with Crippen LogP contribution < -0.4 is 15.4 Å². The van der Waals surface area contributed by atoms with E-state index in [9.17, 15) is 4.79 Å². The smallest absolute Gasteiger partial charge is 0.315 e. The number of morpholine rings is 1. The van der Waals surface area contributed by atoms with Gasteiger partial charge in [0.15, 0.2) is 0 Å². The van der Waals surface area contributed by atoms with Crippen molar-refractivity contribution in [2.24, 2.45) is 0 Å². The first-order valence-corrected chi connectivity index (χ1v) is 9.17. The van der Waals surface area contributed by atoms with Gasteiger partial charge in [-0.15, -0.1) is 0 Å². The fraction of sp³-hybridized carbons (Fsp3) is 0.632. The molecule has 3 rings (SSSR count). The van der Waals surface area contributed by atoms with E-state index in [1.165, 1.54) is 12.8 Å². The molecule has 0 unspecified atom stereocenters. The molecule has 2 fully saturated rings. The van der Waals surface area contributed by atoms with Crippen molar-refractivity contribution in [3.63, 3.8) is 0 Å². The Kier molecular flexibility index (Phi) is 6.15. The lowest BCUT2D eigenvalue weighted by Gasteiger charge is -2.35. The molecule has 0 spiro atoms. The maximum Gasteiger partial charge on any atom is 0.315 e. The summed E-state index contributed by atoms with van der Waals surface area (Å²) in [6.07, 6.45) is 3.35. The van der Waals surface area contributed by atoms with E-state index in [-0.39, 0.29) is 18.2 Å². The molecule has 2 aliphatic heterocycles. The maximum atomic E-state index is 12.1. The van der Waals surface area contributed by atoms with Crippen LogP contribution in [-0.4, -0.2) is 62.5 Å². The van der Waals surface area contributed by atoms with Crippen molar-refractivity contribution in [3.8, 4) is 5.75 Å². The first kappa shape index (κ1) is 18.0. The van der Waals surface area contributed by atoms with Gasteiger partial charge in [-0.2, -0.15) is 0 Å². The summed E-state index contributed by atoms with van der Waals surface area (Å²) in [6.45, 7) is 5.44. The number of carbonyl (C=O) groups is 1. The number of benzene rings is 1. The number of amides is 2. The highest BCUT2D eigenvalue weighted by atomic mass is 16.5. The van der Waals surface area contributed by atoms with E-state index in [2.05, 4.69) is 15.5 Å². The molecule has 0 aromatic heterocycles. The molecule has 2 N–H and O–H groups in total. The first-order valence-electron chi connectivity index (χ1n) is 9.17. The molecule has 0 bridgehead atoms. The van der Waals surface area contributed by atoms with Crippen molar-refractivity contribution in [1.82, 2.24) is 15.5 Å². The van der Waals surface area contributed by atoms with Gasteiger partial charge in [0.2, 0.25) is 0 Å². The number of rotatable bonds is 6. The Bertz CT molecular complexity index is 581. The average molecular weight is 347 g/mol. The highest BCUT2D eigenvalue weighted by molar-refractivity contribution is 5.74. The topological polar surface area (TPSA) is 62.8 Å². The van der Waals surface area contributed by atoms with E-state index in [0.717, 1.165) is 37.4 Å². The molecule has 25 heavy (non-hydrogen) atoms. The second-order valence-electron chi connectivity index (χ2n) is 7.06. The third kappa shape index (κ3) is 5.09. The molecular formula is C19H29N3O3. The molecule has 2 amide bonds. The van der Waals surface area contributed by atoms with Gasteiger partial charge in [0, 0.05) is 25.2 Å². The van der Waals surface area contributed by atoms with Gasteiger partial charge in [-0.1, -0.05) is 12.1 Å². The lowest BCUT2D eigenvalue weighted by Crippen LogP contribution is -2.51. The lowest BCUT2D eigenvalue weighted by molar-refractivity contribution is -0.0458. The lowest BCUT2D eigenvalue weighted by atomic mass is 10.1. The Labute approximate surface area is 149 Å². The Morgan fingerprint density at radius 3 is 3.20 bits per heavy atom. The molecule has 0 radical (unpaired) electrons. The van der Waals surface area contributed by atoms with Gasteiger partial charge in [0.25, 0.3) is 0 Å². The third-order valence-corrected chi connectivity index (χ3v) is 5.01.